The van der Waals surface area contributed by atoms with E-state index in [-0.39, 0.29) is 11.7 Å². The topological polar surface area (TPSA) is 61.0 Å². The molecule has 0 heterocycles. The first kappa shape index (κ1) is 11.7. The molecule has 0 aliphatic rings. The summed E-state index contributed by atoms with van der Waals surface area (Å²) < 4.78 is 0. The van der Waals surface area contributed by atoms with Crippen molar-refractivity contribution in [2.45, 2.75) is 45.6 Å². The summed E-state index contributed by atoms with van der Waals surface area (Å²) in [6.45, 7) is 6.33. The van der Waals surface area contributed by atoms with Gasteiger partial charge in [0.05, 0.1) is 0 Å². The molecule has 5 N–H and O–H groups in total. The van der Waals surface area contributed by atoms with E-state index < -0.39 is 0 Å². The minimum atomic E-state index is 0. The Labute approximate surface area is 58.4 Å². The number of unbranched alkanes of at least 4 members (excludes halogenated alkanes) is 1. The zero-order valence-corrected chi connectivity index (χ0v) is 6.91. The van der Waals surface area contributed by atoms with Gasteiger partial charge in [0.15, 0.2) is 0 Å². The van der Waals surface area contributed by atoms with Gasteiger partial charge >= 0.3 is 0 Å². The molecule has 2 nitrogen and oxygen atoms in total. The molecule has 0 spiro atoms. The molecule has 0 saturated carbocycles. The molecule has 0 aromatic rings. The fourth-order valence-electron chi connectivity index (χ4n) is 0.632. The quantitative estimate of drug-likeness (QED) is 0.617. The standard InChI is InChI=1S/C7H17N.H3N/c1-4-5-6-7(2,3)8;/h4-6,8H2,1-3H3;1H3. The zero-order valence-electron chi connectivity index (χ0n) is 6.91. The van der Waals surface area contributed by atoms with E-state index >= 15 is 0 Å². The van der Waals surface area contributed by atoms with Crippen LogP contribution in [0.25, 0.3) is 0 Å². The molecule has 0 bridgehead atoms. The molecule has 0 rings (SSSR count). The second-order valence-corrected chi connectivity index (χ2v) is 3.09. The summed E-state index contributed by atoms with van der Waals surface area (Å²) in [5, 5.41) is 0. The van der Waals surface area contributed by atoms with Gasteiger partial charge in [0, 0.05) is 5.54 Å². The van der Waals surface area contributed by atoms with Gasteiger partial charge in [0.25, 0.3) is 0 Å². The highest BCUT2D eigenvalue weighted by molar-refractivity contribution is 4.70. The zero-order chi connectivity index (χ0) is 6.62. The minimum Gasteiger partial charge on any atom is -0.344 e. The Morgan fingerprint density at radius 1 is 1.33 bits per heavy atom. The lowest BCUT2D eigenvalue weighted by atomic mass is 9.99. The molecule has 0 aromatic heterocycles. The van der Waals surface area contributed by atoms with Crippen LogP contribution >= 0.6 is 0 Å². The van der Waals surface area contributed by atoms with Crippen molar-refractivity contribution < 1.29 is 0 Å². The first-order valence-electron chi connectivity index (χ1n) is 3.35. The maximum absolute atomic E-state index is 5.72. The van der Waals surface area contributed by atoms with Crippen LogP contribution in [0.5, 0.6) is 0 Å². The molecule has 0 unspecified atom stereocenters. The molecule has 58 valence electrons. The van der Waals surface area contributed by atoms with Crippen LogP contribution in [0.1, 0.15) is 40.0 Å². The van der Waals surface area contributed by atoms with Crippen LogP contribution in [0, 0.1) is 0 Å². The lowest BCUT2D eigenvalue weighted by Gasteiger charge is -2.16. The van der Waals surface area contributed by atoms with Crippen molar-refractivity contribution in [1.29, 1.82) is 0 Å². The van der Waals surface area contributed by atoms with Crippen molar-refractivity contribution in [1.82, 2.24) is 6.15 Å². The van der Waals surface area contributed by atoms with E-state index in [1.165, 1.54) is 12.8 Å². The van der Waals surface area contributed by atoms with E-state index in [4.69, 9.17) is 5.73 Å². The van der Waals surface area contributed by atoms with Crippen molar-refractivity contribution in [3.63, 3.8) is 0 Å². The summed E-state index contributed by atoms with van der Waals surface area (Å²) in [7, 11) is 0. The van der Waals surface area contributed by atoms with Crippen LogP contribution in [0.15, 0.2) is 0 Å². The Hall–Kier alpha value is -0.0800. The first-order valence-corrected chi connectivity index (χ1v) is 3.35. The van der Waals surface area contributed by atoms with E-state index in [0.717, 1.165) is 6.42 Å². The van der Waals surface area contributed by atoms with Gasteiger partial charge in [-0.1, -0.05) is 19.8 Å². The second kappa shape index (κ2) is 4.77. The summed E-state index contributed by atoms with van der Waals surface area (Å²) in [5.74, 6) is 0. The van der Waals surface area contributed by atoms with Crippen LogP contribution in [-0.2, 0) is 0 Å². The third-order valence-corrected chi connectivity index (χ3v) is 1.17. The van der Waals surface area contributed by atoms with Gasteiger partial charge in [-0.05, 0) is 20.3 Å². The second-order valence-electron chi connectivity index (χ2n) is 3.09. The van der Waals surface area contributed by atoms with Crippen LogP contribution in [0.3, 0.4) is 0 Å². The van der Waals surface area contributed by atoms with Crippen molar-refractivity contribution in [3.05, 3.63) is 0 Å². The Morgan fingerprint density at radius 3 is 1.89 bits per heavy atom. The fraction of sp³-hybridized carbons (Fsp3) is 1.00. The molecule has 0 aromatic carbocycles. The normalized spacial score (nSPS) is 10.7. The molecule has 0 fully saturated rings. The van der Waals surface area contributed by atoms with Gasteiger partial charge < -0.3 is 11.9 Å². The van der Waals surface area contributed by atoms with Crippen molar-refractivity contribution in [3.8, 4) is 0 Å². The van der Waals surface area contributed by atoms with Crippen molar-refractivity contribution in [2.75, 3.05) is 0 Å². The maximum Gasteiger partial charge on any atom is 0.00970 e. The molecular formula is C7H20N2. The molecule has 0 saturated heterocycles. The summed E-state index contributed by atoms with van der Waals surface area (Å²) in [6.07, 6.45) is 3.65. The highest BCUT2D eigenvalue weighted by atomic mass is 14.7. The Bertz CT molecular complexity index is 54.4. The van der Waals surface area contributed by atoms with Gasteiger partial charge in [-0.2, -0.15) is 0 Å². The minimum absolute atomic E-state index is 0. The van der Waals surface area contributed by atoms with E-state index in [1.54, 1.807) is 0 Å². The first-order chi connectivity index (χ1) is 3.56. The SMILES string of the molecule is CCCCC(C)(C)N.N. The highest BCUT2D eigenvalue weighted by Crippen LogP contribution is 2.07. The summed E-state index contributed by atoms with van der Waals surface area (Å²) in [6, 6.07) is 0. The van der Waals surface area contributed by atoms with Gasteiger partial charge in [0.1, 0.15) is 0 Å². The van der Waals surface area contributed by atoms with Gasteiger partial charge in [-0.15, -0.1) is 0 Å². The Balaban J connectivity index is 0. The molecule has 0 atom stereocenters. The van der Waals surface area contributed by atoms with Crippen LogP contribution < -0.4 is 11.9 Å². The average molecular weight is 132 g/mol. The van der Waals surface area contributed by atoms with Gasteiger partial charge in [0.2, 0.25) is 0 Å². The van der Waals surface area contributed by atoms with E-state index in [1.807, 2.05) is 0 Å². The predicted octanol–water partition coefficient (Wildman–Crippen LogP) is 2.08. The lowest BCUT2D eigenvalue weighted by molar-refractivity contribution is 0.456. The van der Waals surface area contributed by atoms with Crippen LogP contribution in [0.2, 0.25) is 0 Å². The number of hydrogen-bond acceptors (Lipinski definition) is 2. The van der Waals surface area contributed by atoms with Gasteiger partial charge in [-0.25, -0.2) is 0 Å². The summed E-state index contributed by atoms with van der Waals surface area (Å²) in [5.41, 5.74) is 5.77. The van der Waals surface area contributed by atoms with Crippen LogP contribution in [-0.4, -0.2) is 5.54 Å². The number of rotatable bonds is 3. The van der Waals surface area contributed by atoms with E-state index in [0.29, 0.717) is 0 Å². The highest BCUT2D eigenvalue weighted by Gasteiger charge is 2.07. The number of nitrogens with two attached hydrogens (primary N) is 1. The third kappa shape index (κ3) is 11.5. The Kier molecular flexibility index (Phi) is 6.19. The van der Waals surface area contributed by atoms with E-state index in [9.17, 15) is 0 Å². The van der Waals surface area contributed by atoms with Crippen molar-refractivity contribution in [2.24, 2.45) is 5.73 Å². The number of hydrogen-bond donors (Lipinski definition) is 2. The molecule has 0 aliphatic heterocycles. The molecule has 0 amide bonds. The average Bonchev–Trinajstić information content (AvgIpc) is 1.59. The smallest absolute Gasteiger partial charge is 0.00970 e. The molecule has 0 aliphatic carbocycles. The summed E-state index contributed by atoms with van der Waals surface area (Å²) >= 11 is 0. The maximum atomic E-state index is 5.72. The molecule has 2 heteroatoms. The van der Waals surface area contributed by atoms with Crippen LogP contribution in [0.4, 0.5) is 0 Å². The lowest BCUT2D eigenvalue weighted by Crippen LogP contribution is -2.31. The fourth-order valence-corrected chi connectivity index (χ4v) is 0.632. The largest absolute Gasteiger partial charge is 0.344 e. The Morgan fingerprint density at radius 2 is 1.78 bits per heavy atom. The predicted molar refractivity (Wildman–Crippen MR) is 42.8 cm³/mol. The molecular weight excluding hydrogens is 112 g/mol. The van der Waals surface area contributed by atoms with Gasteiger partial charge in [-0.3, -0.25) is 0 Å². The van der Waals surface area contributed by atoms with E-state index in [2.05, 4.69) is 20.8 Å². The summed E-state index contributed by atoms with van der Waals surface area (Å²) in [4.78, 5) is 0. The molecule has 9 heavy (non-hydrogen) atoms. The molecule has 0 radical (unpaired) electrons. The monoisotopic (exact) mass is 132 g/mol. The third-order valence-electron chi connectivity index (χ3n) is 1.17. The van der Waals surface area contributed by atoms with Crippen molar-refractivity contribution >= 4 is 0 Å².